The molecule has 0 unspecified atom stereocenters. The summed E-state index contributed by atoms with van der Waals surface area (Å²) in [6, 6.07) is 14.1. The number of nitrogens with one attached hydrogen (secondary N) is 1. The summed E-state index contributed by atoms with van der Waals surface area (Å²) in [5, 5.41) is 20.7. The van der Waals surface area contributed by atoms with Gasteiger partial charge >= 0.3 is 7.12 Å². The number of aromatic nitrogens is 1. The number of para-hydroxylation sites is 1. The third-order valence-corrected chi connectivity index (χ3v) is 4.26. The van der Waals surface area contributed by atoms with Gasteiger partial charge in [0.15, 0.2) is 0 Å². The molecule has 3 rings (SSSR count). The quantitative estimate of drug-likeness (QED) is 0.512. The van der Waals surface area contributed by atoms with E-state index in [1.54, 1.807) is 6.07 Å². The number of H-pyrrole nitrogens is 1. The van der Waals surface area contributed by atoms with Crippen molar-refractivity contribution in [3.05, 3.63) is 59.9 Å². The van der Waals surface area contributed by atoms with Crippen LogP contribution in [0, 0.1) is 5.82 Å². The summed E-state index contributed by atoms with van der Waals surface area (Å²) in [5.41, 5.74) is 1.97. The number of halogens is 1. The zero-order valence-electron chi connectivity index (χ0n) is 11.1. The topological polar surface area (TPSA) is 56.2 Å². The molecule has 1 heterocycles. The third kappa shape index (κ3) is 3.13. The maximum Gasteiger partial charge on any atom is 0.488 e. The molecule has 0 spiro atoms. The fourth-order valence-electron chi connectivity index (χ4n) is 2.22. The van der Waals surface area contributed by atoms with Crippen molar-refractivity contribution in [1.29, 1.82) is 0 Å². The van der Waals surface area contributed by atoms with Crippen LogP contribution in [-0.2, 0) is 5.75 Å². The van der Waals surface area contributed by atoms with Crippen LogP contribution >= 0.6 is 11.8 Å². The molecule has 0 aliphatic heterocycles. The van der Waals surface area contributed by atoms with Gasteiger partial charge in [-0.2, -0.15) is 0 Å². The SMILES string of the molecule is OB(O)c1cc(F)ccc1CSc1cc2ccccc2[nH]1. The number of thioether (sulfide) groups is 1. The highest BCUT2D eigenvalue weighted by Gasteiger charge is 2.17. The maximum absolute atomic E-state index is 13.2. The summed E-state index contributed by atoms with van der Waals surface area (Å²) in [5.74, 6) is 0.0533. The summed E-state index contributed by atoms with van der Waals surface area (Å²) in [6.07, 6.45) is 0. The van der Waals surface area contributed by atoms with Gasteiger partial charge in [-0.25, -0.2) is 4.39 Å². The van der Waals surface area contributed by atoms with Gasteiger partial charge in [-0.05, 0) is 35.3 Å². The van der Waals surface area contributed by atoms with Crippen LogP contribution in [-0.4, -0.2) is 22.2 Å². The fraction of sp³-hybridized carbons (Fsp3) is 0.0667. The maximum atomic E-state index is 13.2. The van der Waals surface area contributed by atoms with Crippen molar-refractivity contribution in [2.24, 2.45) is 0 Å². The summed E-state index contributed by atoms with van der Waals surface area (Å²) in [6.45, 7) is 0. The van der Waals surface area contributed by atoms with Crippen molar-refractivity contribution in [3.8, 4) is 0 Å². The second-order valence-electron chi connectivity index (χ2n) is 4.73. The van der Waals surface area contributed by atoms with Gasteiger partial charge in [0.25, 0.3) is 0 Å². The monoisotopic (exact) mass is 301 g/mol. The molecular weight excluding hydrogens is 288 g/mol. The van der Waals surface area contributed by atoms with Crippen LogP contribution in [0.15, 0.2) is 53.6 Å². The summed E-state index contributed by atoms with van der Waals surface area (Å²) in [4.78, 5) is 3.29. The largest absolute Gasteiger partial charge is 0.488 e. The van der Waals surface area contributed by atoms with Gasteiger partial charge in [-0.1, -0.05) is 24.3 Å². The van der Waals surface area contributed by atoms with E-state index in [0.29, 0.717) is 11.3 Å². The Morgan fingerprint density at radius 2 is 1.90 bits per heavy atom. The van der Waals surface area contributed by atoms with E-state index in [-0.39, 0.29) is 5.46 Å². The van der Waals surface area contributed by atoms with E-state index in [0.717, 1.165) is 22.0 Å². The lowest BCUT2D eigenvalue weighted by atomic mass is 9.77. The van der Waals surface area contributed by atoms with Gasteiger partial charge in [-0.3, -0.25) is 0 Å². The van der Waals surface area contributed by atoms with Crippen molar-refractivity contribution < 1.29 is 14.4 Å². The molecule has 0 aliphatic carbocycles. The minimum absolute atomic E-state index is 0.207. The molecule has 0 atom stereocenters. The molecule has 0 amide bonds. The average Bonchev–Trinajstić information content (AvgIpc) is 2.88. The van der Waals surface area contributed by atoms with E-state index in [4.69, 9.17) is 0 Å². The van der Waals surface area contributed by atoms with Crippen LogP contribution in [0.1, 0.15) is 5.56 Å². The summed E-state index contributed by atoms with van der Waals surface area (Å²) >= 11 is 1.54. The highest BCUT2D eigenvalue weighted by Crippen LogP contribution is 2.25. The van der Waals surface area contributed by atoms with E-state index in [1.807, 2.05) is 30.3 Å². The highest BCUT2D eigenvalue weighted by atomic mass is 32.2. The minimum atomic E-state index is -1.67. The first-order chi connectivity index (χ1) is 10.1. The first-order valence-electron chi connectivity index (χ1n) is 6.48. The Balaban J connectivity index is 1.81. The Morgan fingerprint density at radius 3 is 2.67 bits per heavy atom. The van der Waals surface area contributed by atoms with Gasteiger partial charge in [0.1, 0.15) is 5.82 Å². The van der Waals surface area contributed by atoms with Crippen molar-refractivity contribution in [1.82, 2.24) is 4.98 Å². The molecule has 21 heavy (non-hydrogen) atoms. The van der Waals surface area contributed by atoms with Gasteiger partial charge in [0.2, 0.25) is 0 Å². The molecule has 0 saturated heterocycles. The number of rotatable bonds is 4. The zero-order valence-corrected chi connectivity index (χ0v) is 11.9. The molecule has 3 aromatic rings. The van der Waals surface area contributed by atoms with Gasteiger partial charge in [0, 0.05) is 16.7 Å². The van der Waals surface area contributed by atoms with Crippen LogP contribution in [0.25, 0.3) is 10.9 Å². The van der Waals surface area contributed by atoms with Gasteiger partial charge in [0.05, 0.1) is 5.03 Å². The molecule has 0 radical (unpaired) electrons. The van der Waals surface area contributed by atoms with Crippen molar-refractivity contribution in [2.45, 2.75) is 10.8 Å². The second kappa shape index (κ2) is 5.93. The summed E-state index contributed by atoms with van der Waals surface area (Å²) in [7, 11) is -1.67. The molecule has 106 valence electrons. The molecule has 3 N–H and O–H groups in total. The van der Waals surface area contributed by atoms with E-state index in [9.17, 15) is 14.4 Å². The molecular formula is C15H13BFNO2S. The number of hydrogen-bond acceptors (Lipinski definition) is 3. The van der Waals surface area contributed by atoms with Crippen LogP contribution < -0.4 is 5.46 Å². The number of hydrogen-bond donors (Lipinski definition) is 3. The Labute approximate surface area is 126 Å². The van der Waals surface area contributed by atoms with Crippen LogP contribution in [0.2, 0.25) is 0 Å². The van der Waals surface area contributed by atoms with Crippen LogP contribution in [0.4, 0.5) is 4.39 Å². The molecule has 3 nitrogen and oxygen atoms in total. The van der Waals surface area contributed by atoms with Gasteiger partial charge < -0.3 is 15.0 Å². The Hall–Kier alpha value is -1.76. The zero-order chi connectivity index (χ0) is 14.8. The lowest BCUT2D eigenvalue weighted by Crippen LogP contribution is -2.33. The molecule has 0 saturated carbocycles. The van der Waals surface area contributed by atoms with E-state index in [1.165, 1.54) is 17.8 Å². The van der Waals surface area contributed by atoms with Crippen molar-refractivity contribution >= 4 is 35.2 Å². The third-order valence-electron chi connectivity index (χ3n) is 3.27. The van der Waals surface area contributed by atoms with E-state index in [2.05, 4.69) is 4.98 Å². The van der Waals surface area contributed by atoms with E-state index < -0.39 is 12.9 Å². The molecule has 6 heteroatoms. The lowest BCUT2D eigenvalue weighted by Gasteiger charge is -2.08. The van der Waals surface area contributed by atoms with Crippen molar-refractivity contribution in [3.63, 3.8) is 0 Å². The normalized spacial score (nSPS) is 11.0. The first-order valence-corrected chi connectivity index (χ1v) is 7.47. The predicted octanol–water partition coefficient (Wildman–Crippen LogP) is 2.28. The molecule has 0 fully saturated rings. The lowest BCUT2D eigenvalue weighted by molar-refractivity contribution is 0.425. The molecule has 1 aromatic heterocycles. The molecule has 0 bridgehead atoms. The van der Waals surface area contributed by atoms with Crippen LogP contribution in [0.3, 0.4) is 0 Å². The first kappa shape index (κ1) is 14.2. The van der Waals surface area contributed by atoms with Crippen molar-refractivity contribution in [2.75, 3.05) is 0 Å². The Bertz CT molecular complexity index is 742. The van der Waals surface area contributed by atoms with E-state index >= 15 is 0 Å². The minimum Gasteiger partial charge on any atom is -0.423 e. The molecule has 0 aliphatic rings. The fourth-order valence-corrected chi connectivity index (χ4v) is 3.18. The summed E-state index contributed by atoms with van der Waals surface area (Å²) < 4.78 is 13.2. The van der Waals surface area contributed by atoms with Crippen LogP contribution in [0.5, 0.6) is 0 Å². The standard InChI is InChI=1S/C15H13BFNO2S/c17-12-6-5-11(13(8-12)16(19)20)9-21-15-7-10-3-1-2-4-14(10)18-15/h1-8,18-20H,9H2. The van der Waals surface area contributed by atoms with Gasteiger partial charge in [-0.15, -0.1) is 11.8 Å². The smallest absolute Gasteiger partial charge is 0.423 e. The Kier molecular flexibility index (Phi) is 4.01. The average molecular weight is 301 g/mol. The molecule has 2 aromatic carbocycles. The highest BCUT2D eigenvalue weighted by molar-refractivity contribution is 7.98. The number of fused-ring (bicyclic) bond motifs is 1. The second-order valence-corrected chi connectivity index (χ2v) is 5.74. The number of benzene rings is 2. The Morgan fingerprint density at radius 1 is 1.10 bits per heavy atom. The number of aromatic amines is 1. The predicted molar refractivity (Wildman–Crippen MR) is 84.1 cm³/mol.